The molecule has 0 aliphatic carbocycles. The summed E-state index contributed by atoms with van der Waals surface area (Å²) >= 11 is 6.08. The van der Waals surface area contributed by atoms with Crippen molar-refractivity contribution in [1.29, 1.82) is 0 Å². The molecule has 1 aliphatic rings. The van der Waals surface area contributed by atoms with E-state index in [-0.39, 0.29) is 28.9 Å². The van der Waals surface area contributed by atoms with Gasteiger partial charge < -0.3 is 4.90 Å². The number of hydrogen-bond donors (Lipinski definition) is 0. The lowest BCUT2D eigenvalue weighted by Gasteiger charge is -2.16. The number of carbonyl (C=O) groups excluding carboxylic acids is 1. The van der Waals surface area contributed by atoms with Crippen LogP contribution in [0, 0.1) is 0 Å². The Hall–Kier alpha value is -2.09. The highest BCUT2D eigenvalue weighted by Crippen LogP contribution is 2.17. The standard InChI is InChI=1S/C13H16ClN5O3/c1-16-10-9(11(21)17(2)13(16)22)19(12(14)15-10)7-8(20)18-5-3-4-6-18/h3-7H2,1-2H3. The molecule has 2 aromatic heterocycles. The molecule has 118 valence electrons. The van der Waals surface area contributed by atoms with E-state index in [1.165, 1.54) is 23.2 Å². The van der Waals surface area contributed by atoms with Gasteiger partial charge in [0.2, 0.25) is 11.2 Å². The van der Waals surface area contributed by atoms with E-state index in [1.54, 1.807) is 4.90 Å². The van der Waals surface area contributed by atoms with Crippen molar-refractivity contribution in [3.05, 3.63) is 26.1 Å². The topological polar surface area (TPSA) is 82.1 Å². The molecule has 0 spiro atoms. The van der Waals surface area contributed by atoms with Crippen molar-refractivity contribution >= 4 is 28.7 Å². The number of aromatic nitrogens is 4. The third-order valence-electron chi connectivity index (χ3n) is 4.05. The molecule has 8 nitrogen and oxygen atoms in total. The number of nitrogens with zero attached hydrogens (tertiary/aromatic N) is 5. The second-order valence-corrected chi connectivity index (χ2v) is 5.77. The van der Waals surface area contributed by atoms with Crippen molar-refractivity contribution in [2.75, 3.05) is 13.1 Å². The maximum Gasteiger partial charge on any atom is 0.332 e. The van der Waals surface area contributed by atoms with E-state index in [0.29, 0.717) is 0 Å². The first-order chi connectivity index (χ1) is 10.4. The maximum atomic E-state index is 12.3. The van der Waals surface area contributed by atoms with Crippen LogP contribution in [0.5, 0.6) is 0 Å². The van der Waals surface area contributed by atoms with Gasteiger partial charge in [0.25, 0.3) is 5.56 Å². The number of hydrogen-bond acceptors (Lipinski definition) is 4. The van der Waals surface area contributed by atoms with Crippen molar-refractivity contribution in [1.82, 2.24) is 23.6 Å². The Balaban J connectivity index is 2.14. The van der Waals surface area contributed by atoms with E-state index in [4.69, 9.17) is 11.6 Å². The zero-order valence-electron chi connectivity index (χ0n) is 12.4. The van der Waals surface area contributed by atoms with Crippen LogP contribution in [0.1, 0.15) is 12.8 Å². The van der Waals surface area contributed by atoms with Crippen molar-refractivity contribution in [3.8, 4) is 0 Å². The number of carbonyl (C=O) groups is 1. The van der Waals surface area contributed by atoms with Gasteiger partial charge in [-0.2, -0.15) is 4.98 Å². The Kier molecular flexibility index (Phi) is 3.56. The van der Waals surface area contributed by atoms with Gasteiger partial charge in [0.05, 0.1) is 0 Å². The Morgan fingerprint density at radius 2 is 1.82 bits per heavy atom. The Morgan fingerprint density at radius 1 is 1.18 bits per heavy atom. The second-order valence-electron chi connectivity index (χ2n) is 5.43. The molecule has 1 saturated heterocycles. The van der Waals surface area contributed by atoms with Crippen LogP contribution in [-0.4, -0.2) is 42.6 Å². The van der Waals surface area contributed by atoms with E-state index in [2.05, 4.69) is 4.98 Å². The minimum atomic E-state index is -0.508. The molecule has 0 unspecified atom stereocenters. The Labute approximate surface area is 130 Å². The van der Waals surface area contributed by atoms with E-state index >= 15 is 0 Å². The molecule has 1 fully saturated rings. The van der Waals surface area contributed by atoms with Gasteiger partial charge in [0.1, 0.15) is 6.54 Å². The number of aryl methyl sites for hydroxylation is 1. The fourth-order valence-electron chi connectivity index (χ4n) is 2.77. The smallest absolute Gasteiger partial charge is 0.332 e. The van der Waals surface area contributed by atoms with Crippen molar-refractivity contribution in [2.24, 2.45) is 14.1 Å². The molecule has 0 bridgehead atoms. The summed E-state index contributed by atoms with van der Waals surface area (Å²) in [5, 5.41) is 0.0286. The van der Waals surface area contributed by atoms with Gasteiger partial charge in [-0.05, 0) is 24.4 Å². The zero-order chi connectivity index (χ0) is 16.0. The van der Waals surface area contributed by atoms with Crippen molar-refractivity contribution in [2.45, 2.75) is 19.4 Å². The summed E-state index contributed by atoms with van der Waals surface area (Å²) in [5.41, 5.74) is -0.633. The number of imidazole rings is 1. The van der Waals surface area contributed by atoms with Crippen LogP contribution in [0.4, 0.5) is 0 Å². The molecular formula is C13H16ClN5O3. The second kappa shape index (κ2) is 5.28. The van der Waals surface area contributed by atoms with E-state index < -0.39 is 11.2 Å². The molecule has 3 rings (SSSR count). The quantitative estimate of drug-likeness (QED) is 0.710. The zero-order valence-corrected chi connectivity index (χ0v) is 13.1. The molecule has 22 heavy (non-hydrogen) atoms. The van der Waals surface area contributed by atoms with Crippen molar-refractivity contribution in [3.63, 3.8) is 0 Å². The molecule has 2 aromatic rings. The monoisotopic (exact) mass is 325 g/mol. The summed E-state index contributed by atoms with van der Waals surface area (Å²) in [6.45, 7) is 1.39. The van der Waals surface area contributed by atoms with Crippen LogP contribution in [0.2, 0.25) is 5.28 Å². The molecule has 1 amide bonds. The molecule has 3 heterocycles. The molecule has 0 aromatic carbocycles. The molecule has 1 aliphatic heterocycles. The predicted octanol–water partition coefficient (Wildman–Crippen LogP) is -0.291. The van der Waals surface area contributed by atoms with E-state index in [0.717, 1.165) is 30.5 Å². The average Bonchev–Trinajstić information content (AvgIpc) is 3.12. The van der Waals surface area contributed by atoms with Gasteiger partial charge in [0.15, 0.2) is 11.2 Å². The van der Waals surface area contributed by atoms with Crippen LogP contribution in [-0.2, 0) is 25.4 Å². The summed E-state index contributed by atoms with van der Waals surface area (Å²) in [5.74, 6) is -0.102. The van der Waals surface area contributed by atoms with Gasteiger partial charge in [0, 0.05) is 27.2 Å². The SMILES string of the molecule is Cn1c(=O)c2c(nc(Cl)n2CC(=O)N2CCCC2)n(C)c1=O. The summed E-state index contributed by atoms with van der Waals surface area (Å²) in [6, 6.07) is 0. The predicted molar refractivity (Wildman–Crippen MR) is 81.0 cm³/mol. The summed E-state index contributed by atoms with van der Waals surface area (Å²) in [6.07, 6.45) is 1.97. The Bertz CT molecular complexity index is 872. The lowest BCUT2D eigenvalue weighted by Crippen LogP contribution is -2.38. The summed E-state index contributed by atoms with van der Waals surface area (Å²) in [7, 11) is 2.90. The summed E-state index contributed by atoms with van der Waals surface area (Å²) in [4.78, 5) is 42.4. The van der Waals surface area contributed by atoms with E-state index in [9.17, 15) is 14.4 Å². The first-order valence-electron chi connectivity index (χ1n) is 7.01. The molecule has 0 radical (unpaired) electrons. The molecule has 0 N–H and O–H groups in total. The fourth-order valence-corrected chi connectivity index (χ4v) is 2.99. The number of likely N-dealkylation sites (tertiary alicyclic amines) is 1. The van der Waals surface area contributed by atoms with Crippen LogP contribution in [0.3, 0.4) is 0 Å². The first-order valence-corrected chi connectivity index (χ1v) is 7.39. The summed E-state index contributed by atoms with van der Waals surface area (Å²) < 4.78 is 3.61. The van der Waals surface area contributed by atoms with Gasteiger partial charge in [-0.15, -0.1) is 0 Å². The Morgan fingerprint density at radius 3 is 2.45 bits per heavy atom. The third-order valence-corrected chi connectivity index (χ3v) is 4.34. The largest absolute Gasteiger partial charge is 0.341 e. The normalized spacial score (nSPS) is 15.0. The van der Waals surface area contributed by atoms with Crippen LogP contribution < -0.4 is 11.2 Å². The molecule has 0 atom stereocenters. The number of rotatable bonds is 2. The number of fused-ring (bicyclic) bond motifs is 1. The van der Waals surface area contributed by atoms with Gasteiger partial charge in [-0.1, -0.05) is 0 Å². The highest BCUT2D eigenvalue weighted by Gasteiger charge is 2.23. The minimum absolute atomic E-state index is 0.0286. The van der Waals surface area contributed by atoms with Crippen LogP contribution >= 0.6 is 11.6 Å². The third kappa shape index (κ3) is 2.14. The lowest BCUT2D eigenvalue weighted by molar-refractivity contribution is -0.130. The molecule has 0 saturated carbocycles. The lowest BCUT2D eigenvalue weighted by atomic mass is 10.4. The first kappa shape index (κ1) is 14.8. The highest BCUT2D eigenvalue weighted by atomic mass is 35.5. The minimum Gasteiger partial charge on any atom is -0.341 e. The van der Waals surface area contributed by atoms with Gasteiger partial charge in [-0.25, -0.2) is 4.79 Å². The van der Waals surface area contributed by atoms with Crippen LogP contribution in [0.15, 0.2) is 9.59 Å². The molecule has 9 heteroatoms. The maximum absolute atomic E-state index is 12.3. The van der Waals surface area contributed by atoms with E-state index in [1.807, 2.05) is 0 Å². The van der Waals surface area contributed by atoms with Crippen molar-refractivity contribution < 1.29 is 4.79 Å². The van der Waals surface area contributed by atoms with Crippen LogP contribution in [0.25, 0.3) is 11.2 Å². The highest BCUT2D eigenvalue weighted by molar-refractivity contribution is 6.29. The number of halogens is 1. The molecular weight excluding hydrogens is 310 g/mol. The average molecular weight is 326 g/mol. The van der Waals surface area contributed by atoms with Gasteiger partial charge in [-0.3, -0.25) is 23.3 Å². The fraction of sp³-hybridized carbons (Fsp3) is 0.538. The number of amides is 1. The van der Waals surface area contributed by atoms with Gasteiger partial charge >= 0.3 is 5.69 Å².